The molecule has 4 heteroatoms. The normalized spacial score (nSPS) is 12.2. The average molecular weight is 291 g/mol. The van der Waals surface area contributed by atoms with Crippen molar-refractivity contribution in [3.05, 3.63) is 64.7 Å². The molecule has 0 fully saturated rings. The molecule has 1 N–H and O–H groups in total. The van der Waals surface area contributed by atoms with Crippen molar-refractivity contribution >= 4 is 0 Å². The summed E-state index contributed by atoms with van der Waals surface area (Å²) in [5, 5.41) is 3.23. The van der Waals surface area contributed by atoms with Crippen molar-refractivity contribution in [3.8, 4) is 5.75 Å². The van der Waals surface area contributed by atoms with Gasteiger partial charge in [-0.25, -0.2) is 8.78 Å². The predicted molar refractivity (Wildman–Crippen MR) is 79.6 cm³/mol. The van der Waals surface area contributed by atoms with E-state index in [1.807, 2.05) is 32.0 Å². The van der Waals surface area contributed by atoms with E-state index in [-0.39, 0.29) is 6.04 Å². The van der Waals surface area contributed by atoms with Crippen LogP contribution in [0.2, 0.25) is 0 Å². The molecule has 0 heterocycles. The Morgan fingerprint density at radius 3 is 2.48 bits per heavy atom. The molecule has 0 aliphatic rings. The predicted octanol–water partition coefficient (Wildman–Crippen LogP) is 3.98. The zero-order chi connectivity index (χ0) is 15.4. The largest absolute Gasteiger partial charge is 0.496 e. The molecule has 0 saturated heterocycles. The average Bonchev–Trinajstić information content (AvgIpc) is 2.45. The molecule has 0 saturated carbocycles. The molecule has 2 aromatic carbocycles. The minimum Gasteiger partial charge on any atom is -0.496 e. The highest BCUT2D eigenvalue weighted by molar-refractivity contribution is 5.44. The third kappa shape index (κ3) is 3.39. The van der Waals surface area contributed by atoms with E-state index in [2.05, 4.69) is 5.32 Å². The Kier molecular flexibility index (Phi) is 4.91. The Labute approximate surface area is 123 Å². The third-order valence-electron chi connectivity index (χ3n) is 3.38. The highest BCUT2D eigenvalue weighted by atomic mass is 19.1. The van der Waals surface area contributed by atoms with E-state index in [9.17, 15) is 8.78 Å². The summed E-state index contributed by atoms with van der Waals surface area (Å²) in [5.41, 5.74) is 2.29. The minimum absolute atomic E-state index is 0.384. The number of benzene rings is 2. The summed E-state index contributed by atoms with van der Waals surface area (Å²) in [4.78, 5) is 0. The van der Waals surface area contributed by atoms with E-state index in [1.165, 1.54) is 12.1 Å². The van der Waals surface area contributed by atoms with Gasteiger partial charge in [-0.1, -0.05) is 30.7 Å². The smallest absolute Gasteiger partial charge is 0.131 e. The van der Waals surface area contributed by atoms with Crippen molar-refractivity contribution in [2.24, 2.45) is 0 Å². The van der Waals surface area contributed by atoms with Gasteiger partial charge in [0.15, 0.2) is 0 Å². The molecular formula is C17H19F2NO. The lowest BCUT2D eigenvalue weighted by molar-refractivity contribution is 0.403. The maximum Gasteiger partial charge on any atom is 0.131 e. The molecule has 2 rings (SSSR count). The van der Waals surface area contributed by atoms with Crippen LogP contribution in [0.3, 0.4) is 0 Å². The molecule has 112 valence electrons. The summed E-state index contributed by atoms with van der Waals surface area (Å²) in [7, 11) is 1.58. The number of hydrogen-bond acceptors (Lipinski definition) is 2. The van der Waals surface area contributed by atoms with Gasteiger partial charge in [-0.15, -0.1) is 0 Å². The molecule has 0 aliphatic carbocycles. The fourth-order valence-corrected chi connectivity index (χ4v) is 2.41. The van der Waals surface area contributed by atoms with Crippen LogP contribution in [0.1, 0.15) is 29.7 Å². The Balaban J connectivity index is 2.55. The minimum atomic E-state index is -0.581. The van der Waals surface area contributed by atoms with Crippen molar-refractivity contribution in [2.75, 3.05) is 13.7 Å². The van der Waals surface area contributed by atoms with E-state index in [0.29, 0.717) is 17.9 Å². The first-order chi connectivity index (χ1) is 10.1. The lowest BCUT2D eigenvalue weighted by Crippen LogP contribution is -2.23. The molecule has 0 aliphatic heterocycles. The maximum absolute atomic E-state index is 14.1. The van der Waals surface area contributed by atoms with Gasteiger partial charge < -0.3 is 10.1 Å². The van der Waals surface area contributed by atoms with Crippen molar-refractivity contribution < 1.29 is 13.5 Å². The molecule has 0 amide bonds. The van der Waals surface area contributed by atoms with Crippen LogP contribution in [0.15, 0.2) is 36.4 Å². The standard InChI is InChI=1S/C17H19F2NO/c1-4-20-17(13-7-6-12(18)10-15(13)19)14-9-11(2)5-8-16(14)21-3/h5-10,17,20H,4H2,1-3H3. The van der Waals surface area contributed by atoms with Gasteiger partial charge in [0.2, 0.25) is 0 Å². The summed E-state index contributed by atoms with van der Waals surface area (Å²) in [5.74, 6) is -0.470. The molecule has 1 atom stereocenters. The summed E-state index contributed by atoms with van der Waals surface area (Å²) < 4.78 is 32.6. The first-order valence-electron chi connectivity index (χ1n) is 6.89. The number of halogens is 2. The van der Waals surface area contributed by atoms with Gasteiger partial charge in [-0.2, -0.15) is 0 Å². The first-order valence-corrected chi connectivity index (χ1v) is 6.89. The van der Waals surface area contributed by atoms with Gasteiger partial charge in [-0.05, 0) is 25.6 Å². The van der Waals surface area contributed by atoms with Crippen LogP contribution >= 0.6 is 0 Å². The van der Waals surface area contributed by atoms with Gasteiger partial charge >= 0.3 is 0 Å². The van der Waals surface area contributed by atoms with E-state index in [1.54, 1.807) is 7.11 Å². The number of hydrogen-bond donors (Lipinski definition) is 1. The summed E-state index contributed by atoms with van der Waals surface area (Å²) in [6.07, 6.45) is 0. The van der Waals surface area contributed by atoms with Crippen molar-refractivity contribution in [3.63, 3.8) is 0 Å². The molecule has 1 unspecified atom stereocenters. The van der Waals surface area contributed by atoms with Crippen LogP contribution in [0.25, 0.3) is 0 Å². The highest BCUT2D eigenvalue weighted by Crippen LogP contribution is 2.32. The Bertz CT molecular complexity index is 628. The molecule has 21 heavy (non-hydrogen) atoms. The van der Waals surface area contributed by atoms with Gasteiger partial charge in [0, 0.05) is 17.2 Å². The third-order valence-corrected chi connectivity index (χ3v) is 3.38. The quantitative estimate of drug-likeness (QED) is 0.899. The Morgan fingerprint density at radius 2 is 1.86 bits per heavy atom. The second-order valence-corrected chi connectivity index (χ2v) is 4.90. The molecule has 0 aromatic heterocycles. The number of nitrogens with one attached hydrogen (secondary N) is 1. The van der Waals surface area contributed by atoms with Crippen LogP contribution in [0.4, 0.5) is 8.78 Å². The molecular weight excluding hydrogens is 272 g/mol. The molecule has 2 nitrogen and oxygen atoms in total. The van der Waals surface area contributed by atoms with E-state index < -0.39 is 11.6 Å². The second kappa shape index (κ2) is 6.68. The highest BCUT2D eigenvalue weighted by Gasteiger charge is 2.21. The number of aryl methyl sites for hydroxylation is 1. The van der Waals surface area contributed by atoms with Gasteiger partial charge in [0.25, 0.3) is 0 Å². The van der Waals surface area contributed by atoms with Crippen LogP contribution in [0, 0.1) is 18.6 Å². The van der Waals surface area contributed by atoms with Crippen molar-refractivity contribution in [2.45, 2.75) is 19.9 Å². The zero-order valence-electron chi connectivity index (χ0n) is 12.4. The summed E-state index contributed by atoms with van der Waals surface area (Å²) in [6, 6.07) is 9.01. The zero-order valence-corrected chi connectivity index (χ0v) is 12.4. The van der Waals surface area contributed by atoms with E-state index in [4.69, 9.17) is 4.74 Å². The lowest BCUT2D eigenvalue weighted by Gasteiger charge is -2.22. The summed E-state index contributed by atoms with van der Waals surface area (Å²) in [6.45, 7) is 4.56. The fourth-order valence-electron chi connectivity index (χ4n) is 2.41. The van der Waals surface area contributed by atoms with Crippen LogP contribution in [-0.2, 0) is 0 Å². The van der Waals surface area contributed by atoms with Gasteiger partial charge in [0.1, 0.15) is 17.4 Å². The second-order valence-electron chi connectivity index (χ2n) is 4.90. The topological polar surface area (TPSA) is 21.3 Å². The fraction of sp³-hybridized carbons (Fsp3) is 0.294. The van der Waals surface area contributed by atoms with E-state index >= 15 is 0 Å². The van der Waals surface area contributed by atoms with Crippen LogP contribution in [0.5, 0.6) is 5.75 Å². The first kappa shape index (κ1) is 15.4. The number of rotatable bonds is 5. The maximum atomic E-state index is 14.1. The molecule has 2 aromatic rings. The SMILES string of the molecule is CCNC(c1ccc(F)cc1F)c1cc(C)ccc1OC. The number of ether oxygens (including phenoxy) is 1. The molecule has 0 bridgehead atoms. The lowest BCUT2D eigenvalue weighted by atomic mass is 9.95. The number of methoxy groups -OCH3 is 1. The summed E-state index contributed by atoms with van der Waals surface area (Å²) >= 11 is 0. The van der Waals surface area contributed by atoms with Crippen LogP contribution in [-0.4, -0.2) is 13.7 Å². The van der Waals surface area contributed by atoms with Gasteiger partial charge in [0.05, 0.1) is 13.2 Å². The molecule has 0 radical (unpaired) electrons. The Hall–Kier alpha value is -1.94. The van der Waals surface area contributed by atoms with Crippen LogP contribution < -0.4 is 10.1 Å². The molecule has 0 spiro atoms. The van der Waals surface area contributed by atoms with E-state index in [0.717, 1.165) is 17.2 Å². The Morgan fingerprint density at radius 1 is 1.10 bits per heavy atom. The van der Waals surface area contributed by atoms with Gasteiger partial charge in [-0.3, -0.25) is 0 Å². The monoisotopic (exact) mass is 291 g/mol. The van der Waals surface area contributed by atoms with Crippen molar-refractivity contribution in [1.82, 2.24) is 5.32 Å². The van der Waals surface area contributed by atoms with Crippen molar-refractivity contribution in [1.29, 1.82) is 0 Å².